The van der Waals surface area contributed by atoms with Crippen LogP contribution in [0.25, 0.3) is 10.9 Å². The van der Waals surface area contributed by atoms with Gasteiger partial charge in [-0.05, 0) is 13.0 Å². The van der Waals surface area contributed by atoms with Crippen molar-refractivity contribution in [1.82, 2.24) is 9.97 Å². The normalized spacial score (nSPS) is 9.88. The maximum absolute atomic E-state index is 11.1. The molecule has 16 heavy (non-hydrogen) atoms. The van der Waals surface area contributed by atoms with Crippen molar-refractivity contribution in [2.75, 3.05) is 7.11 Å². The number of nitrogens with zero attached hydrogens (tertiary/aromatic N) is 1. The summed E-state index contributed by atoms with van der Waals surface area (Å²) in [4.78, 5) is 17.5. The zero-order valence-electron chi connectivity index (χ0n) is 8.77. The van der Waals surface area contributed by atoms with Crippen molar-refractivity contribution in [2.24, 2.45) is 0 Å². The second kappa shape index (κ2) is 4.52. The molecule has 2 rings (SSSR count). The molecule has 2 aromatic rings. The van der Waals surface area contributed by atoms with E-state index in [1.807, 2.05) is 0 Å². The van der Waals surface area contributed by atoms with Crippen LogP contribution in [0, 0.1) is 6.92 Å². The molecule has 0 unspecified atom stereocenters. The van der Waals surface area contributed by atoms with Crippen LogP contribution in [0.5, 0.6) is 11.5 Å². The van der Waals surface area contributed by atoms with E-state index in [0.29, 0.717) is 22.3 Å². The number of phenols is 1. The smallest absolute Gasteiger partial charge is 0.345 e. The first-order valence-corrected chi connectivity index (χ1v) is 4.39. The summed E-state index contributed by atoms with van der Waals surface area (Å²) in [5.41, 5.74) is 0.765. The molecule has 0 amide bonds. The van der Waals surface area contributed by atoms with Crippen LogP contribution in [-0.2, 0) is 0 Å². The lowest BCUT2D eigenvalue weighted by Crippen LogP contribution is -2.11. The number of H-pyrrole nitrogens is 1. The number of hydrogen-bond donors (Lipinski definition) is 2. The standard InChI is InChI=1S/C10H10N2O3.BrH/c1-5-6-3-8(13)9(15-2)4-7(6)12-10(14)11-5;/h3-4,13H,1-2H3,(H,11,12,14);1H. The Labute approximate surface area is 102 Å². The molecule has 1 heterocycles. The van der Waals surface area contributed by atoms with E-state index in [-0.39, 0.29) is 22.7 Å². The van der Waals surface area contributed by atoms with Crippen LogP contribution in [0.15, 0.2) is 16.9 Å². The number of halogens is 1. The quantitative estimate of drug-likeness (QED) is 0.834. The first-order chi connectivity index (χ1) is 7.11. The number of rotatable bonds is 1. The number of ether oxygens (including phenoxy) is 1. The number of methoxy groups -OCH3 is 1. The largest absolute Gasteiger partial charge is 0.504 e. The molecule has 6 heteroatoms. The summed E-state index contributed by atoms with van der Waals surface area (Å²) in [5, 5.41) is 10.3. The molecule has 2 N–H and O–H groups in total. The lowest BCUT2D eigenvalue weighted by molar-refractivity contribution is 0.374. The Morgan fingerprint density at radius 2 is 2.12 bits per heavy atom. The molecule has 0 aliphatic carbocycles. The highest BCUT2D eigenvalue weighted by Crippen LogP contribution is 2.30. The molecular formula is C10H11BrN2O3. The van der Waals surface area contributed by atoms with Crippen LogP contribution in [0.4, 0.5) is 0 Å². The molecule has 0 spiro atoms. The maximum Gasteiger partial charge on any atom is 0.345 e. The summed E-state index contributed by atoms with van der Waals surface area (Å²) in [7, 11) is 1.45. The molecule has 0 aliphatic heterocycles. The minimum Gasteiger partial charge on any atom is -0.504 e. The molecule has 0 saturated heterocycles. The van der Waals surface area contributed by atoms with Gasteiger partial charge in [-0.3, -0.25) is 0 Å². The molecule has 0 saturated carbocycles. The molecule has 0 aliphatic rings. The first-order valence-electron chi connectivity index (χ1n) is 4.39. The number of aromatic nitrogens is 2. The lowest BCUT2D eigenvalue weighted by Gasteiger charge is -2.06. The van der Waals surface area contributed by atoms with Crippen LogP contribution in [-0.4, -0.2) is 22.2 Å². The van der Waals surface area contributed by atoms with E-state index >= 15 is 0 Å². The Bertz CT molecular complexity index is 580. The highest BCUT2D eigenvalue weighted by Gasteiger charge is 2.07. The minimum absolute atomic E-state index is 0. The average molecular weight is 287 g/mol. The van der Waals surface area contributed by atoms with E-state index in [0.717, 1.165) is 0 Å². The van der Waals surface area contributed by atoms with Gasteiger partial charge in [0.05, 0.1) is 12.6 Å². The highest BCUT2D eigenvalue weighted by molar-refractivity contribution is 8.93. The first kappa shape index (κ1) is 12.5. The number of hydrogen-bond acceptors (Lipinski definition) is 4. The molecule has 1 aromatic heterocycles. The maximum atomic E-state index is 11.1. The lowest BCUT2D eigenvalue weighted by atomic mass is 10.2. The van der Waals surface area contributed by atoms with E-state index in [2.05, 4.69) is 9.97 Å². The third-order valence-electron chi connectivity index (χ3n) is 2.22. The SMILES string of the molecule is Br.COc1cc2nc(=O)[nH]c(C)c2cc1O. The predicted octanol–water partition coefficient (Wildman–Crippen LogP) is 1.52. The number of phenolic OH excluding ortho intramolecular Hbond substituents is 1. The Kier molecular flexibility index (Phi) is 3.54. The second-order valence-corrected chi connectivity index (χ2v) is 3.21. The van der Waals surface area contributed by atoms with Crippen molar-refractivity contribution in [3.05, 3.63) is 28.3 Å². The second-order valence-electron chi connectivity index (χ2n) is 3.21. The fraction of sp³-hybridized carbons (Fsp3) is 0.200. The number of benzene rings is 1. The van der Waals surface area contributed by atoms with E-state index in [1.165, 1.54) is 19.2 Å². The molecule has 0 bridgehead atoms. The van der Waals surface area contributed by atoms with E-state index in [4.69, 9.17) is 4.74 Å². The van der Waals surface area contributed by atoms with Gasteiger partial charge in [0.15, 0.2) is 11.5 Å². The molecule has 1 aromatic carbocycles. The summed E-state index contributed by atoms with van der Waals surface area (Å²) in [6.45, 7) is 1.75. The third kappa shape index (κ3) is 2.01. The van der Waals surface area contributed by atoms with Gasteiger partial charge in [-0.2, -0.15) is 4.98 Å². The van der Waals surface area contributed by atoms with Crippen LogP contribution < -0.4 is 10.4 Å². The van der Waals surface area contributed by atoms with Crippen molar-refractivity contribution in [2.45, 2.75) is 6.92 Å². The van der Waals surface area contributed by atoms with Gasteiger partial charge in [0, 0.05) is 17.1 Å². The number of fused-ring (bicyclic) bond motifs is 1. The average Bonchev–Trinajstić information content (AvgIpc) is 2.18. The van der Waals surface area contributed by atoms with Crippen molar-refractivity contribution in [1.29, 1.82) is 0 Å². The molecule has 5 nitrogen and oxygen atoms in total. The molecule has 0 fully saturated rings. The van der Waals surface area contributed by atoms with E-state index < -0.39 is 5.69 Å². The number of aryl methyl sites for hydroxylation is 1. The Hall–Kier alpha value is -1.56. The van der Waals surface area contributed by atoms with Crippen molar-refractivity contribution in [3.8, 4) is 11.5 Å². The monoisotopic (exact) mass is 286 g/mol. The Balaban J connectivity index is 0.00000128. The molecule has 0 radical (unpaired) electrons. The van der Waals surface area contributed by atoms with E-state index in [9.17, 15) is 9.90 Å². The van der Waals surface area contributed by atoms with Gasteiger partial charge in [-0.25, -0.2) is 4.79 Å². The fourth-order valence-electron chi connectivity index (χ4n) is 1.48. The van der Waals surface area contributed by atoms with Crippen LogP contribution in [0.2, 0.25) is 0 Å². The topological polar surface area (TPSA) is 75.2 Å². The van der Waals surface area contributed by atoms with Gasteiger partial charge >= 0.3 is 5.69 Å². The summed E-state index contributed by atoms with van der Waals surface area (Å²) >= 11 is 0. The van der Waals surface area contributed by atoms with Gasteiger partial charge in [-0.15, -0.1) is 17.0 Å². The van der Waals surface area contributed by atoms with Crippen LogP contribution in [0.1, 0.15) is 5.69 Å². The van der Waals surface area contributed by atoms with Crippen molar-refractivity contribution >= 4 is 27.9 Å². The van der Waals surface area contributed by atoms with Gasteiger partial charge in [0.1, 0.15) is 0 Å². The highest BCUT2D eigenvalue weighted by atomic mass is 79.9. The molecule has 0 atom stereocenters. The zero-order valence-corrected chi connectivity index (χ0v) is 10.5. The summed E-state index contributed by atoms with van der Waals surface area (Å²) in [5.74, 6) is 0.335. The third-order valence-corrected chi connectivity index (χ3v) is 2.22. The molecular weight excluding hydrogens is 276 g/mol. The zero-order chi connectivity index (χ0) is 11.0. The summed E-state index contributed by atoms with van der Waals surface area (Å²) < 4.78 is 4.93. The van der Waals surface area contributed by atoms with E-state index in [1.54, 1.807) is 6.92 Å². The van der Waals surface area contributed by atoms with Crippen LogP contribution in [0.3, 0.4) is 0 Å². The Morgan fingerprint density at radius 3 is 2.75 bits per heavy atom. The number of aromatic amines is 1. The molecule has 86 valence electrons. The predicted molar refractivity (Wildman–Crippen MR) is 65.6 cm³/mol. The van der Waals surface area contributed by atoms with Gasteiger partial charge < -0.3 is 14.8 Å². The van der Waals surface area contributed by atoms with Crippen molar-refractivity contribution < 1.29 is 9.84 Å². The Morgan fingerprint density at radius 1 is 1.44 bits per heavy atom. The van der Waals surface area contributed by atoms with Gasteiger partial charge in [0.2, 0.25) is 0 Å². The number of nitrogens with one attached hydrogen (secondary N) is 1. The van der Waals surface area contributed by atoms with Crippen molar-refractivity contribution in [3.63, 3.8) is 0 Å². The van der Waals surface area contributed by atoms with Gasteiger partial charge in [0.25, 0.3) is 0 Å². The van der Waals surface area contributed by atoms with Gasteiger partial charge in [-0.1, -0.05) is 0 Å². The summed E-state index contributed by atoms with van der Waals surface area (Å²) in [6.07, 6.45) is 0. The fourth-order valence-corrected chi connectivity index (χ4v) is 1.48. The summed E-state index contributed by atoms with van der Waals surface area (Å²) in [6, 6.07) is 3.05. The minimum atomic E-state index is -0.409. The number of aromatic hydroxyl groups is 1. The van der Waals surface area contributed by atoms with Crippen LogP contribution >= 0.6 is 17.0 Å².